The molecule has 1 fully saturated rings. The molecule has 1 saturated heterocycles. The van der Waals surface area contributed by atoms with Crippen molar-refractivity contribution in [2.45, 2.75) is 12.8 Å². The number of methoxy groups -OCH3 is 1. The van der Waals surface area contributed by atoms with Gasteiger partial charge in [-0.15, -0.1) is 11.3 Å². The number of anilines is 1. The fraction of sp³-hybridized carbons (Fsp3) is 0.412. The smallest absolute Gasteiger partial charge is 0.273 e. The lowest BCUT2D eigenvalue weighted by molar-refractivity contribution is 0.0782. The fourth-order valence-corrected chi connectivity index (χ4v) is 3.57. The standard InChI is InChI=1S/C17H21N3O2S/c1-18-17-19-15(11-23-17)16(21)20-8-7-13(10-20)9-12-3-5-14(22-2)6-4-12/h3-6,11,13H,7-10H2,1-2H3,(H,18,19). The first-order valence-electron chi connectivity index (χ1n) is 7.75. The third-order valence-electron chi connectivity index (χ3n) is 4.19. The summed E-state index contributed by atoms with van der Waals surface area (Å²) in [5.41, 5.74) is 1.83. The Morgan fingerprint density at radius 1 is 1.43 bits per heavy atom. The number of likely N-dealkylation sites (tertiary alicyclic amines) is 1. The molecule has 1 unspecified atom stereocenters. The van der Waals surface area contributed by atoms with Crippen molar-refractivity contribution in [3.8, 4) is 5.75 Å². The molecule has 2 heterocycles. The fourth-order valence-electron chi connectivity index (χ4n) is 2.93. The molecule has 1 aliphatic heterocycles. The quantitative estimate of drug-likeness (QED) is 0.915. The molecular formula is C17H21N3O2S. The second kappa shape index (κ2) is 7.00. The van der Waals surface area contributed by atoms with Crippen LogP contribution in [0, 0.1) is 5.92 Å². The Morgan fingerprint density at radius 3 is 2.87 bits per heavy atom. The highest BCUT2D eigenvalue weighted by Crippen LogP contribution is 2.24. The summed E-state index contributed by atoms with van der Waals surface area (Å²) in [5.74, 6) is 1.43. The Labute approximate surface area is 140 Å². The molecule has 23 heavy (non-hydrogen) atoms. The zero-order valence-corrected chi connectivity index (χ0v) is 14.2. The van der Waals surface area contributed by atoms with Gasteiger partial charge >= 0.3 is 0 Å². The summed E-state index contributed by atoms with van der Waals surface area (Å²) in [5, 5.41) is 5.57. The third kappa shape index (κ3) is 3.64. The Bertz CT molecular complexity index is 669. The van der Waals surface area contributed by atoms with Gasteiger partial charge in [-0.1, -0.05) is 12.1 Å². The first kappa shape index (κ1) is 15.8. The molecule has 1 aromatic carbocycles. The van der Waals surface area contributed by atoms with E-state index in [-0.39, 0.29) is 5.91 Å². The molecule has 1 aliphatic rings. The number of nitrogens with one attached hydrogen (secondary N) is 1. The first-order valence-corrected chi connectivity index (χ1v) is 8.63. The van der Waals surface area contributed by atoms with Gasteiger partial charge < -0.3 is 15.0 Å². The SMILES string of the molecule is CNc1nc(C(=O)N2CCC(Cc3ccc(OC)cc3)C2)cs1. The Hall–Kier alpha value is -2.08. The number of hydrogen-bond donors (Lipinski definition) is 1. The molecular weight excluding hydrogens is 310 g/mol. The molecule has 0 radical (unpaired) electrons. The third-order valence-corrected chi connectivity index (χ3v) is 5.05. The van der Waals surface area contributed by atoms with Gasteiger partial charge in [0.05, 0.1) is 7.11 Å². The lowest BCUT2D eigenvalue weighted by atomic mass is 9.99. The minimum Gasteiger partial charge on any atom is -0.497 e. The summed E-state index contributed by atoms with van der Waals surface area (Å²) < 4.78 is 5.18. The molecule has 5 nitrogen and oxygen atoms in total. The highest BCUT2D eigenvalue weighted by molar-refractivity contribution is 7.13. The van der Waals surface area contributed by atoms with E-state index in [0.717, 1.165) is 36.8 Å². The van der Waals surface area contributed by atoms with E-state index in [2.05, 4.69) is 22.4 Å². The van der Waals surface area contributed by atoms with Crippen LogP contribution >= 0.6 is 11.3 Å². The predicted molar refractivity (Wildman–Crippen MR) is 92.4 cm³/mol. The summed E-state index contributed by atoms with van der Waals surface area (Å²) in [7, 11) is 3.49. The molecule has 0 bridgehead atoms. The highest BCUT2D eigenvalue weighted by Gasteiger charge is 2.28. The molecule has 0 aliphatic carbocycles. The van der Waals surface area contributed by atoms with Crippen LogP contribution in [-0.2, 0) is 6.42 Å². The second-order valence-electron chi connectivity index (χ2n) is 5.75. The van der Waals surface area contributed by atoms with E-state index in [0.29, 0.717) is 11.6 Å². The van der Waals surface area contributed by atoms with E-state index >= 15 is 0 Å². The van der Waals surface area contributed by atoms with Crippen molar-refractivity contribution < 1.29 is 9.53 Å². The van der Waals surface area contributed by atoms with Gasteiger partial charge in [-0.2, -0.15) is 0 Å². The van der Waals surface area contributed by atoms with Crippen molar-refractivity contribution in [2.24, 2.45) is 5.92 Å². The van der Waals surface area contributed by atoms with Crippen molar-refractivity contribution in [3.05, 3.63) is 40.9 Å². The number of carbonyl (C=O) groups excluding carboxylic acids is 1. The van der Waals surface area contributed by atoms with Crippen LogP contribution in [0.25, 0.3) is 0 Å². The molecule has 1 atom stereocenters. The minimum absolute atomic E-state index is 0.0416. The second-order valence-corrected chi connectivity index (χ2v) is 6.60. The topological polar surface area (TPSA) is 54.5 Å². The van der Waals surface area contributed by atoms with Crippen LogP contribution in [0.1, 0.15) is 22.5 Å². The van der Waals surface area contributed by atoms with E-state index in [1.165, 1.54) is 16.9 Å². The zero-order valence-electron chi connectivity index (χ0n) is 13.4. The van der Waals surface area contributed by atoms with Crippen LogP contribution in [0.4, 0.5) is 5.13 Å². The van der Waals surface area contributed by atoms with Gasteiger partial charge in [-0.05, 0) is 36.5 Å². The molecule has 1 aromatic heterocycles. The number of thiazole rings is 1. The van der Waals surface area contributed by atoms with E-state index in [4.69, 9.17) is 4.74 Å². The maximum Gasteiger partial charge on any atom is 0.273 e. The van der Waals surface area contributed by atoms with Gasteiger partial charge in [0, 0.05) is 25.5 Å². The maximum absolute atomic E-state index is 12.5. The lowest BCUT2D eigenvalue weighted by Crippen LogP contribution is -2.29. The number of rotatable bonds is 5. The van der Waals surface area contributed by atoms with Crippen LogP contribution in [0.3, 0.4) is 0 Å². The Morgan fingerprint density at radius 2 is 2.22 bits per heavy atom. The number of carbonyl (C=O) groups is 1. The van der Waals surface area contributed by atoms with Gasteiger partial charge in [-0.25, -0.2) is 4.98 Å². The van der Waals surface area contributed by atoms with Crippen molar-refractivity contribution in [1.82, 2.24) is 9.88 Å². The Kier molecular flexibility index (Phi) is 4.81. The largest absolute Gasteiger partial charge is 0.497 e. The van der Waals surface area contributed by atoms with Crippen molar-refractivity contribution in [1.29, 1.82) is 0 Å². The van der Waals surface area contributed by atoms with E-state index in [1.54, 1.807) is 7.11 Å². The van der Waals surface area contributed by atoms with Crippen molar-refractivity contribution in [3.63, 3.8) is 0 Å². The molecule has 1 amide bonds. The van der Waals surface area contributed by atoms with Gasteiger partial charge in [0.1, 0.15) is 11.4 Å². The predicted octanol–water partition coefficient (Wildman–Crippen LogP) is 2.90. The number of hydrogen-bond acceptors (Lipinski definition) is 5. The average molecular weight is 331 g/mol. The van der Waals surface area contributed by atoms with Crippen LogP contribution in [-0.4, -0.2) is 43.0 Å². The van der Waals surface area contributed by atoms with E-state index in [1.807, 2.05) is 29.5 Å². The first-order chi connectivity index (χ1) is 11.2. The van der Waals surface area contributed by atoms with Gasteiger partial charge in [0.15, 0.2) is 5.13 Å². The summed E-state index contributed by atoms with van der Waals surface area (Å²) in [6, 6.07) is 8.18. The molecule has 122 valence electrons. The molecule has 3 rings (SSSR count). The van der Waals surface area contributed by atoms with Crippen LogP contribution in [0.15, 0.2) is 29.6 Å². The molecule has 1 N–H and O–H groups in total. The molecule has 2 aromatic rings. The Balaban J connectivity index is 1.58. The number of nitrogens with zero attached hydrogens (tertiary/aromatic N) is 2. The van der Waals surface area contributed by atoms with Gasteiger partial charge in [-0.3, -0.25) is 4.79 Å². The summed E-state index contributed by atoms with van der Waals surface area (Å²) in [6.07, 6.45) is 2.04. The summed E-state index contributed by atoms with van der Waals surface area (Å²) in [4.78, 5) is 18.7. The normalized spacial score (nSPS) is 17.3. The van der Waals surface area contributed by atoms with Crippen molar-refractivity contribution >= 4 is 22.4 Å². The zero-order chi connectivity index (χ0) is 16.2. The summed E-state index contributed by atoms with van der Waals surface area (Å²) in [6.45, 7) is 1.61. The molecule has 0 saturated carbocycles. The summed E-state index contributed by atoms with van der Waals surface area (Å²) >= 11 is 1.46. The number of amides is 1. The van der Waals surface area contributed by atoms with Crippen LogP contribution in [0.5, 0.6) is 5.75 Å². The van der Waals surface area contributed by atoms with Crippen LogP contribution in [0.2, 0.25) is 0 Å². The van der Waals surface area contributed by atoms with Gasteiger partial charge in [0.25, 0.3) is 5.91 Å². The maximum atomic E-state index is 12.5. The number of ether oxygens (including phenoxy) is 1. The number of benzene rings is 1. The van der Waals surface area contributed by atoms with E-state index in [9.17, 15) is 4.79 Å². The lowest BCUT2D eigenvalue weighted by Gasteiger charge is -2.15. The monoisotopic (exact) mass is 331 g/mol. The molecule has 0 spiro atoms. The number of aromatic nitrogens is 1. The van der Waals surface area contributed by atoms with Crippen LogP contribution < -0.4 is 10.1 Å². The van der Waals surface area contributed by atoms with Crippen molar-refractivity contribution in [2.75, 3.05) is 32.6 Å². The highest BCUT2D eigenvalue weighted by atomic mass is 32.1. The van der Waals surface area contributed by atoms with Gasteiger partial charge in [0.2, 0.25) is 0 Å². The van der Waals surface area contributed by atoms with E-state index < -0.39 is 0 Å². The average Bonchev–Trinajstić information content (AvgIpc) is 3.24. The molecule has 6 heteroatoms. The minimum atomic E-state index is 0.0416.